The highest BCUT2D eigenvalue weighted by Gasteiger charge is 2.32. The second-order valence-corrected chi connectivity index (χ2v) is 3.76. The van der Waals surface area contributed by atoms with Gasteiger partial charge in [0.15, 0.2) is 0 Å². The summed E-state index contributed by atoms with van der Waals surface area (Å²) in [6, 6.07) is 5.15. The van der Waals surface area contributed by atoms with Crippen molar-refractivity contribution in [2.75, 3.05) is 7.11 Å². The molecule has 2 rings (SSSR count). The molecule has 1 aliphatic rings. The molecule has 0 spiro atoms. The minimum atomic E-state index is -0.0915. The van der Waals surface area contributed by atoms with Crippen LogP contribution in [0.1, 0.15) is 24.4 Å². The fraction of sp³-hybridized carbons (Fsp3) is 0.455. The number of nitrogens with two attached hydrogens (primary N) is 1. The monoisotopic (exact) mass is 229 g/mol. The first-order valence-corrected chi connectivity index (χ1v) is 4.85. The van der Waals surface area contributed by atoms with E-state index in [9.17, 15) is 5.11 Å². The van der Waals surface area contributed by atoms with Crippen LogP contribution in [0.3, 0.4) is 0 Å². The lowest BCUT2D eigenvalue weighted by molar-refractivity contribution is 0.389. The molecule has 15 heavy (non-hydrogen) atoms. The zero-order valence-corrected chi connectivity index (χ0v) is 9.46. The number of hydrogen-bond donors (Lipinski definition) is 2. The van der Waals surface area contributed by atoms with E-state index >= 15 is 0 Å². The minimum absolute atomic E-state index is 0. The Balaban J connectivity index is 0.00000112. The van der Waals surface area contributed by atoms with Crippen LogP contribution in [0.2, 0.25) is 0 Å². The molecule has 0 bridgehead atoms. The summed E-state index contributed by atoms with van der Waals surface area (Å²) in [4.78, 5) is 0. The van der Waals surface area contributed by atoms with Gasteiger partial charge in [-0.15, -0.1) is 12.4 Å². The molecule has 0 radical (unpaired) electrons. The van der Waals surface area contributed by atoms with E-state index in [2.05, 4.69) is 0 Å². The van der Waals surface area contributed by atoms with E-state index in [0.29, 0.717) is 11.7 Å². The van der Waals surface area contributed by atoms with Crippen molar-refractivity contribution in [2.45, 2.75) is 18.9 Å². The second-order valence-electron chi connectivity index (χ2n) is 3.76. The van der Waals surface area contributed by atoms with Crippen molar-refractivity contribution in [3.8, 4) is 11.5 Å². The summed E-state index contributed by atoms with van der Waals surface area (Å²) < 4.78 is 5.19. The van der Waals surface area contributed by atoms with Crippen molar-refractivity contribution in [3.05, 3.63) is 23.8 Å². The topological polar surface area (TPSA) is 55.5 Å². The van der Waals surface area contributed by atoms with Gasteiger partial charge < -0.3 is 15.6 Å². The molecule has 0 aliphatic heterocycles. The van der Waals surface area contributed by atoms with Crippen LogP contribution in [0, 0.1) is 5.92 Å². The van der Waals surface area contributed by atoms with Gasteiger partial charge in [0.2, 0.25) is 0 Å². The number of hydrogen-bond acceptors (Lipinski definition) is 3. The normalized spacial score (nSPS) is 16.7. The maximum absolute atomic E-state index is 9.71. The summed E-state index contributed by atoms with van der Waals surface area (Å²) >= 11 is 0. The van der Waals surface area contributed by atoms with Crippen LogP contribution in [0.5, 0.6) is 11.5 Å². The Morgan fingerprint density at radius 3 is 2.67 bits per heavy atom. The molecule has 0 amide bonds. The molecule has 3 N–H and O–H groups in total. The molecular formula is C11H16ClNO2. The van der Waals surface area contributed by atoms with Crippen molar-refractivity contribution >= 4 is 12.4 Å². The van der Waals surface area contributed by atoms with Crippen LogP contribution in [0.4, 0.5) is 0 Å². The summed E-state index contributed by atoms with van der Waals surface area (Å²) in [6.45, 7) is 0. The Morgan fingerprint density at radius 2 is 2.13 bits per heavy atom. The van der Waals surface area contributed by atoms with Gasteiger partial charge in [0, 0.05) is 6.04 Å². The van der Waals surface area contributed by atoms with Gasteiger partial charge in [-0.3, -0.25) is 0 Å². The standard InChI is InChI=1S/C11H15NO2.ClH/c1-14-9-4-2-3-8(13)10(9)11(12)7-5-6-7;/h2-4,7,11,13H,5-6,12H2,1H3;1H/t11-;/m0./s1. The van der Waals surface area contributed by atoms with E-state index in [1.807, 2.05) is 6.07 Å². The van der Waals surface area contributed by atoms with Gasteiger partial charge in [-0.05, 0) is 30.9 Å². The quantitative estimate of drug-likeness (QED) is 0.836. The smallest absolute Gasteiger partial charge is 0.127 e. The molecular weight excluding hydrogens is 214 g/mol. The van der Waals surface area contributed by atoms with Gasteiger partial charge in [-0.1, -0.05) is 6.07 Å². The highest BCUT2D eigenvalue weighted by atomic mass is 35.5. The van der Waals surface area contributed by atoms with Crippen molar-refractivity contribution in [2.24, 2.45) is 11.7 Å². The van der Waals surface area contributed by atoms with Crippen molar-refractivity contribution < 1.29 is 9.84 Å². The third-order valence-corrected chi connectivity index (χ3v) is 2.73. The number of rotatable bonds is 3. The van der Waals surface area contributed by atoms with E-state index in [1.165, 1.54) is 0 Å². The average molecular weight is 230 g/mol. The van der Waals surface area contributed by atoms with Crippen LogP contribution >= 0.6 is 12.4 Å². The third-order valence-electron chi connectivity index (χ3n) is 2.73. The van der Waals surface area contributed by atoms with Gasteiger partial charge in [-0.2, -0.15) is 0 Å². The number of methoxy groups -OCH3 is 1. The summed E-state index contributed by atoms with van der Waals surface area (Å²) in [7, 11) is 1.60. The Labute approximate surface area is 95.7 Å². The van der Waals surface area contributed by atoms with Crippen LogP contribution in [0.15, 0.2) is 18.2 Å². The lowest BCUT2D eigenvalue weighted by atomic mass is 10.0. The molecule has 0 saturated heterocycles. The van der Waals surface area contributed by atoms with Gasteiger partial charge in [0.25, 0.3) is 0 Å². The third kappa shape index (κ3) is 2.36. The SMILES string of the molecule is COc1cccc(O)c1[C@@H](N)C1CC1.Cl. The van der Waals surface area contributed by atoms with E-state index in [1.54, 1.807) is 19.2 Å². The van der Waals surface area contributed by atoms with Gasteiger partial charge in [0.1, 0.15) is 11.5 Å². The molecule has 0 aromatic heterocycles. The predicted octanol–water partition coefficient (Wildman–Crippen LogP) is 2.23. The number of benzene rings is 1. The van der Waals surface area contributed by atoms with Gasteiger partial charge >= 0.3 is 0 Å². The number of ether oxygens (including phenoxy) is 1. The van der Waals surface area contributed by atoms with Crippen LogP contribution in [-0.2, 0) is 0 Å². The highest BCUT2D eigenvalue weighted by Crippen LogP contribution is 2.44. The molecule has 4 heteroatoms. The first-order chi connectivity index (χ1) is 6.74. The van der Waals surface area contributed by atoms with Crippen LogP contribution in [-0.4, -0.2) is 12.2 Å². The summed E-state index contributed by atoms with van der Waals surface area (Å²) in [5.41, 5.74) is 6.79. The molecule has 1 aromatic carbocycles. The Bertz CT molecular complexity index is 339. The number of aromatic hydroxyl groups is 1. The summed E-state index contributed by atoms with van der Waals surface area (Å²) in [5.74, 6) is 1.44. The highest BCUT2D eigenvalue weighted by molar-refractivity contribution is 5.85. The number of phenols is 1. The lowest BCUT2D eigenvalue weighted by Crippen LogP contribution is -2.13. The summed E-state index contributed by atoms with van der Waals surface area (Å²) in [5, 5.41) is 9.71. The van der Waals surface area contributed by atoms with E-state index < -0.39 is 0 Å². The van der Waals surface area contributed by atoms with Crippen molar-refractivity contribution in [3.63, 3.8) is 0 Å². The fourth-order valence-corrected chi connectivity index (χ4v) is 1.74. The molecule has 1 aromatic rings. The van der Waals surface area contributed by atoms with Gasteiger partial charge in [0.05, 0.1) is 12.7 Å². The molecule has 84 valence electrons. The molecule has 1 saturated carbocycles. The van der Waals surface area contributed by atoms with E-state index in [4.69, 9.17) is 10.5 Å². The Morgan fingerprint density at radius 1 is 1.47 bits per heavy atom. The van der Waals surface area contributed by atoms with E-state index in [0.717, 1.165) is 18.4 Å². The predicted molar refractivity (Wildman–Crippen MR) is 61.6 cm³/mol. The maximum Gasteiger partial charge on any atom is 0.127 e. The fourth-order valence-electron chi connectivity index (χ4n) is 1.74. The zero-order valence-electron chi connectivity index (χ0n) is 8.64. The van der Waals surface area contributed by atoms with Crippen LogP contribution < -0.4 is 10.5 Å². The molecule has 1 aliphatic carbocycles. The molecule has 1 fully saturated rings. The zero-order chi connectivity index (χ0) is 10.1. The first kappa shape index (κ1) is 12.1. The second kappa shape index (κ2) is 4.73. The molecule has 0 unspecified atom stereocenters. The number of halogens is 1. The van der Waals surface area contributed by atoms with Crippen molar-refractivity contribution in [1.29, 1.82) is 0 Å². The van der Waals surface area contributed by atoms with Crippen molar-refractivity contribution in [1.82, 2.24) is 0 Å². The minimum Gasteiger partial charge on any atom is -0.507 e. The molecule has 3 nitrogen and oxygen atoms in total. The first-order valence-electron chi connectivity index (χ1n) is 4.85. The van der Waals surface area contributed by atoms with E-state index in [-0.39, 0.29) is 24.2 Å². The molecule has 1 atom stereocenters. The maximum atomic E-state index is 9.71. The Kier molecular flexibility index (Phi) is 3.83. The number of phenolic OH excluding ortho intramolecular Hbond substituents is 1. The average Bonchev–Trinajstić information content (AvgIpc) is 2.99. The summed E-state index contributed by atoms with van der Waals surface area (Å²) in [6.07, 6.45) is 2.30. The Hall–Kier alpha value is -0.930. The van der Waals surface area contributed by atoms with Gasteiger partial charge in [-0.25, -0.2) is 0 Å². The van der Waals surface area contributed by atoms with Crippen LogP contribution in [0.25, 0.3) is 0 Å². The lowest BCUT2D eigenvalue weighted by Gasteiger charge is -2.16. The largest absolute Gasteiger partial charge is 0.507 e. The molecule has 0 heterocycles.